The van der Waals surface area contributed by atoms with Crippen molar-refractivity contribution in [1.29, 1.82) is 0 Å². The van der Waals surface area contributed by atoms with Gasteiger partial charge >= 0.3 is 0 Å². The number of ether oxygens (including phenoxy) is 1. The lowest BCUT2D eigenvalue weighted by Gasteiger charge is -2.10. The minimum Gasteiger partial charge on any atom is -0.378 e. The zero-order valence-corrected chi connectivity index (χ0v) is 11.8. The average Bonchev–Trinajstić information content (AvgIpc) is 2.83. The van der Waals surface area contributed by atoms with Crippen LogP contribution in [0.5, 0.6) is 0 Å². The molecule has 92 valence electrons. The van der Waals surface area contributed by atoms with E-state index in [0.717, 1.165) is 35.0 Å². The Morgan fingerprint density at radius 1 is 1.41 bits per heavy atom. The van der Waals surface area contributed by atoms with Crippen LogP contribution < -0.4 is 5.32 Å². The predicted octanol–water partition coefficient (Wildman–Crippen LogP) is 2.59. The van der Waals surface area contributed by atoms with Crippen LogP contribution in [0, 0.1) is 3.57 Å². The molecule has 0 bridgehead atoms. The molecule has 1 aromatic carbocycles. The number of halogens is 1. The van der Waals surface area contributed by atoms with E-state index in [-0.39, 0.29) is 5.91 Å². The molecule has 1 fully saturated rings. The first-order chi connectivity index (χ1) is 8.25. The molecule has 1 aromatic rings. The monoisotopic (exact) mass is 345 g/mol. The van der Waals surface area contributed by atoms with Crippen LogP contribution in [0.15, 0.2) is 24.3 Å². The molecule has 4 heteroatoms. The Morgan fingerprint density at radius 2 is 2.18 bits per heavy atom. The van der Waals surface area contributed by atoms with Crippen LogP contribution in [0.2, 0.25) is 0 Å². The number of hydrogen-bond acceptors (Lipinski definition) is 2. The molecule has 2 rings (SSSR count). The predicted molar refractivity (Wildman–Crippen MR) is 75.1 cm³/mol. The van der Waals surface area contributed by atoms with Gasteiger partial charge in [0.2, 0.25) is 0 Å². The van der Waals surface area contributed by atoms with Gasteiger partial charge in [0, 0.05) is 22.3 Å². The summed E-state index contributed by atoms with van der Waals surface area (Å²) in [5, 5.41) is 2.92. The highest BCUT2D eigenvalue weighted by atomic mass is 127. The summed E-state index contributed by atoms with van der Waals surface area (Å²) < 4.78 is 6.64. The number of hydrogen-bond donors (Lipinski definition) is 1. The van der Waals surface area contributed by atoms with Crippen LogP contribution in [0.25, 0.3) is 0 Å². The largest absolute Gasteiger partial charge is 0.378 e. The van der Waals surface area contributed by atoms with Crippen LogP contribution in [-0.4, -0.2) is 25.2 Å². The van der Waals surface area contributed by atoms with Crippen molar-refractivity contribution in [2.24, 2.45) is 0 Å². The molecular formula is C13H16INO2. The summed E-state index contributed by atoms with van der Waals surface area (Å²) in [6, 6.07) is 7.58. The molecule has 1 aliphatic rings. The Balaban J connectivity index is 1.75. The van der Waals surface area contributed by atoms with Crippen LogP contribution in [0.1, 0.15) is 29.6 Å². The third kappa shape index (κ3) is 3.96. The Bertz CT molecular complexity index is 372. The lowest BCUT2D eigenvalue weighted by Crippen LogP contribution is -2.26. The van der Waals surface area contributed by atoms with Crippen LogP contribution in [0.3, 0.4) is 0 Å². The van der Waals surface area contributed by atoms with E-state index in [0.29, 0.717) is 12.6 Å². The van der Waals surface area contributed by atoms with Crippen molar-refractivity contribution < 1.29 is 9.53 Å². The van der Waals surface area contributed by atoms with Gasteiger partial charge in [-0.25, -0.2) is 0 Å². The summed E-state index contributed by atoms with van der Waals surface area (Å²) in [5.41, 5.74) is 0.720. The number of carbonyl (C=O) groups excluding carboxylic acids is 1. The van der Waals surface area contributed by atoms with Gasteiger partial charge in [0.05, 0.1) is 6.10 Å². The summed E-state index contributed by atoms with van der Waals surface area (Å²) in [6.07, 6.45) is 3.53. The van der Waals surface area contributed by atoms with Gasteiger partial charge in [0.15, 0.2) is 0 Å². The van der Waals surface area contributed by atoms with Gasteiger partial charge in [0.25, 0.3) is 5.91 Å². The van der Waals surface area contributed by atoms with Gasteiger partial charge in [-0.1, -0.05) is 0 Å². The molecule has 17 heavy (non-hydrogen) atoms. The van der Waals surface area contributed by atoms with E-state index < -0.39 is 0 Å². The molecule has 1 amide bonds. The molecule has 0 saturated carbocycles. The molecule has 3 nitrogen and oxygen atoms in total. The van der Waals surface area contributed by atoms with E-state index in [1.807, 2.05) is 24.3 Å². The van der Waals surface area contributed by atoms with E-state index in [1.54, 1.807) is 0 Å². The van der Waals surface area contributed by atoms with Gasteiger partial charge in [-0.3, -0.25) is 4.79 Å². The summed E-state index contributed by atoms with van der Waals surface area (Å²) in [4.78, 5) is 11.8. The van der Waals surface area contributed by atoms with Gasteiger partial charge in [0.1, 0.15) is 0 Å². The highest BCUT2D eigenvalue weighted by molar-refractivity contribution is 14.1. The van der Waals surface area contributed by atoms with Gasteiger partial charge < -0.3 is 10.1 Å². The molecule has 0 aromatic heterocycles. The fraction of sp³-hybridized carbons (Fsp3) is 0.462. The molecule has 1 N–H and O–H groups in total. The number of carbonyl (C=O) groups is 1. The maximum absolute atomic E-state index is 11.8. The first-order valence-corrected chi connectivity index (χ1v) is 6.99. The van der Waals surface area contributed by atoms with Crippen LogP contribution >= 0.6 is 22.6 Å². The molecule has 1 aliphatic heterocycles. The van der Waals surface area contributed by atoms with Crippen molar-refractivity contribution in [2.75, 3.05) is 13.2 Å². The number of rotatable bonds is 4. The Hall–Kier alpha value is -0.620. The van der Waals surface area contributed by atoms with E-state index in [9.17, 15) is 4.79 Å². The first-order valence-electron chi connectivity index (χ1n) is 5.91. The van der Waals surface area contributed by atoms with Crippen LogP contribution in [0.4, 0.5) is 0 Å². The van der Waals surface area contributed by atoms with Crippen molar-refractivity contribution >= 4 is 28.5 Å². The van der Waals surface area contributed by atoms with Crippen molar-refractivity contribution in [3.8, 4) is 0 Å². The highest BCUT2D eigenvalue weighted by Crippen LogP contribution is 2.14. The number of benzene rings is 1. The van der Waals surface area contributed by atoms with Gasteiger partial charge in [-0.05, 0) is 66.1 Å². The molecule has 0 spiro atoms. The Kier molecular flexibility index (Phi) is 4.79. The Labute approximate surface area is 115 Å². The first kappa shape index (κ1) is 12.8. The van der Waals surface area contributed by atoms with E-state index in [1.165, 1.54) is 0 Å². The third-order valence-electron chi connectivity index (χ3n) is 2.88. The van der Waals surface area contributed by atoms with Gasteiger partial charge in [-0.15, -0.1) is 0 Å². The second-order valence-electron chi connectivity index (χ2n) is 4.19. The fourth-order valence-electron chi connectivity index (χ4n) is 1.92. The zero-order chi connectivity index (χ0) is 12.1. The second kappa shape index (κ2) is 6.35. The summed E-state index contributed by atoms with van der Waals surface area (Å²) in [5.74, 6) is -0.000558. The van der Waals surface area contributed by atoms with Crippen molar-refractivity contribution in [3.05, 3.63) is 33.4 Å². The molecular weight excluding hydrogens is 329 g/mol. The number of amides is 1. The van der Waals surface area contributed by atoms with E-state index >= 15 is 0 Å². The zero-order valence-electron chi connectivity index (χ0n) is 9.62. The smallest absolute Gasteiger partial charge is 0.251 e. The second-order valence-corrected chi connectivity index (χ2v) is 5.43. The molecule has 1 unspecified atom stereocenters. The molecule has 0 radical (unpaired) electrons. The standard InChI is InChI=1S/C13H16INO2/c14-11-5-3-10(4-6-11)13(16)15-8-7-12-2-1-9-17-12/h3-6,12H,1-2,7-9H2,(H,15,16). The van der Waals surface area contributed by atoms with Crippen molar-refractivity contribution in [2.45, 2.75) is 25.4 Å². The average molecular weight is 345 g/mol. The minimum atomic E-state index is -0.000558. The number of nitrogens with one attached hydrogen (secondary N) is 1. The SMILES string of the molecule is O=C(NCCC1CCCO1)c1ccc(I)cc1. The summed E-state index contributed by atoms with van der Waals surface area (Å²) in [7, 11) is 0. The normalized spacial score (nSPS) is 19.2. The quantitative estimate of drug-likeness (QED) is 0.852. The fourth-order valence-corrected chi connectivity index (χ4v) is 2.28. The summed E-state index contributed by atoms with van der Waals surface area (Å²) in [6.45, 7) is 1.56. The van der Waals surface area contributed by atoms with E-state index in [2.05, 4.69) is 27.9 Å². The molecule has 1 heterocycles. The summed E-state index contributed by atoms with van der Waals surface area (Å²) >= 11 is 2.23. The lowest BCUT2D eigenvalue weighted by molar-refractivity contribution is 0.0907. The third-order valence-corrected chi connectivity index (χ3v) is 3.60. The molecule has 0 aliphatic carbocycles. The van der Waals surface area contributed by atoms with Crippen molar-refractivity contribution in [1.82, 2.24) is 5.32 Å². The Morgan fingerprint density at radius 3 is 2.82 bits per heavy atom. The maximum atomic E-state index is 11.8. The minimum absolute atomic E-state index is 0.000558. The maximum Gasteiger partial charge on any atom is 0.251 e. The topological polar surface area (TPSA) is 38.3 Å². The van der Waals surface area contributed by atoms with Gasteiger partial charge in [-0.2, -0.15) is 0 Å². The molecule has 1 atom stereocenters. The van der Waals surface area contributed by atoms with Crippen molar-refractivity contribution in [3.63, 3.8) is 0 Å². The van der Waals surface area contributed by atoms with E-state index in [4.69, 9.17) is 4.74 Å². The molecule has 1 saturated heterocycles. The van der Waals surface area contributed by atoms with Crippen LogP contribution in [-0.2, 0) is 4.74 Å². The lowest BCUT2D eigenvalue weighted by atomic mass is 10.1. The highest BCUT2D eigenvalue weighted by Gasteiger charge is 2.15.